The standard InChI is InChI=1S/C27H26O4/c1-3-30-26(27(28)29)19-21-12-15-24(16-13-21)31-18-17-20(2)11-14-23-9-6-8-22-7-4-5-10-25(22)23/h4-10,12-13,15-17,26H,3,18-19H2,1-2H3,(H,28,29)/b20-17+/t26-/m0/s1. The van der Waals surface area contributed by atoms with Crippen molar-refractivity contribution in [2.45, 2.75) is 26.4 Å². The molecule has 3 aromatic carbocycles. The first kappa shape index (κ1) is 22.1. The Morgan fingerprint density at radius 3 is 2.55 bits per heavy atom. The normalized spacial score (nSPS) is 12.1. The highest BCUT2D eigenvalue weighted by Gasteiger charge is 2.17. The second-order valence-corrected chi connectivity index (χ2v) is 7.11. The number of rotatable bonds is 8. The van der Waals surface area contributed by atoms with Crippen LogP contribution in [0.4, 0.5) is 0 Å². The van der Waals surface area contributed by atoms with Gasteiger partial charge in [0.15, 0.2) is 6.10 Å². The van der Waals surface area contributed by atoms with Gasteiger partial charge in [-0.2, -0.15) is 0 Å². The van der Waals surface area contributed by atoms with E-state index in [1.54, 1.807) is 6.92 Å². The minimum Gasteiger partial charge on any atom is -0.490 e. The molecule has 158 valence electrons. The van der Waals surface area contributed by atoms with Crippen LogP contribution in [0.5, 0.6) is 5.75 Å². The Bertz CT molecular complexity index is 1110. The smallest absolute Gasteiger partial charge is 0.333 e. The number of hydrogen-bond acceptors (Lipinski definition) is 3. The number of aliphatic carboxylic acids is 1. The molecule has 4 heteroatoms. The molecule has 0 saturated carbocycles. The van der Waals surface area contributed by atoms with Crippen molar-refractivity contribution in [1.29, 1.82) is 0 Å². The van der Waals surface area contributed by atoms with Gasteiger partial charge in [-0.3, -0.25) is 0 Å². The number of carbonyl (C=O) groups is 1. The van der Waals surface area contributed by atoms with Crippen LogP contribution in [0, 0.1) is 11.8 Å². The van der Waals surface area contributed by atoms with Crippen molar-refractivity contribution in [2.75, 3.05) is 13.2 Å². The lowest BCUT2D eigenvalue weighted by molar-refractivity contribution is -0.149. The summed E-state index contributed by atoms with van der Waals surface area (Å²) in [7, 11) is 0. The summed E-state index contributed by atoms with van der Waals surface area (Å²) >= 11 is 0. The summed E-state index contributed by atoms with van der Waals surface area (Å²) in [4.78, 5) is 11.2. The summed E-state index contributed by atoms with van der Waals surface area (Å²) < 4.78 is 11.0. The van der Waals surface area contributed by atoms with Crippen LogP contribution in [0.15, 0.2) is 78.4 Å². The van der Waals surface area contributed by atoms with Crippen molar-refractivity contribution in [1.82, 2.24) is 0 Å². The fraction of sp³-hybridized carbons (Fsp3) is 0.222. The zero-order chi connectivity index (χ0) is 22.1. The Hall–Kier alpha value is -3.55. The molecule has 0 fully saturated rings. The zero-order valence-corrected chi connectivity index (χ0v) is 17.8. The fourth-order valence-corrected chi connectivity index (χ4v) is 3.17. The maximum Gasteiger partial charge on any atom is 0.333 e. The molecule has 3 aromatic rings. The van der Waals surface area contributed by atoms with Crippen molar-refractivity contribution >= 4 is 16.7 Å². The molecule has 0 unspecified atom stereocenters. The van der Waals surface area contributed by atoms with Gasteiger partial charge in [0, 0.05) is 18.6 Å². The van der Waals surface area contributed by atoms with E-state index in [-0.39, 0.29) is 0 Å². The lowest BCUT2D eigenvalue weighted by atomic mass is 10.0. The van der Waals surface area contributed by atoms with E-state index >= 15 is 0 Å². The first-order valence-electron chi connectivity index (χ1n) is 10.3. The minimum absolute atomic E-state index is 0.326. The average Bonchev–Trinajstić information content (AvgIpc) is 2.78. The van der Waals surface area contributed by atoms with E-state index in [4.69, 9.17) is 9.47 Å². The van der Waals surface area contributed by atoms with Gasteiger partial charge in [0.25, 0.3) is 0 Å². The van der Waals surface area contributed by atoms with Gasteiger partial charge < -0.3 is 14.6 Å². The number of carboxylic acids is 1. The lowest BCUT2D eigenvalue weighted by Crippen LogP contribution is -2.26. The van der Waals surface area contributed by atoms with Gasteiger partial charge in [-0.1, -0.05) is 60.4 Å². The van der Waals surface area contributed by atoms with E-state index in [0.717, 1.165) is 27.8 Å². The molecule has 0 heterocycles. The number of fused-ring (bicyclic) bond motifs is 1. The van der Waals surface area contributed by atoms with Crippen LogP contribution >= 0.6 is 0 Å². The summed E-state index contributed by atoms with van der Waals surface area (Å²) in [6.45, 7) is 4.53. The molecular weight excluding hydrogens is 388 g/mol. The number of hydrogen-bond donors (Lipinski definition) is 1. The molecule has 3 rings (SSSR count). The second kappa shape index (κ2) is 11.0. The van der Waals surface area contributed by atoms with Gasteiger partial charge in [0.1, 0.15) is 12.4 Å². The summed E-state index contributed by atoms with van der Waals surface area (Å²) in [6, 6.07) is 21.7. The Morgan fingerprint density at radius 2 is 1.81 bits per heavy atom. The molecule has 0 bridgehead atoms. The molecule has 0 spiro atoms. The average molecular weight is 415 g/mol. The van der Waals surface area contributed by atoms with Gasteiger partial charge in [-0.25, -0.2) is 4.79 Å². The van der Waals surface area contributed by atoms with Crippen molar-refractivity contribution in [2.24, 2.45) is 0 Å². The van der Waals surface area contributed by atoms with E-state index in [1.165, 1.54) is 5.39 Å². The highest BCUT2D eigenvalue weighted by molar-refractivity contribution is 5.88. The van der Waals surface area contributed by atoms with Crippen LogP contribution in [0.2, 0.25) is 0 Å². The summed E-state index contributed by atoms with van der Waals surface area (Å²) in [5.41, 5.74) is 2.83. The SMILES string of the molecule is CCO[C@@H](Cc1ccc(OC/C=C(\C)C#Cc2cccc3ccccc23)cc1)C(=O)O. The molecule has 0 saturated heterocycles. The van der Waals surface area contributed by atoms with E-state index in [9.17, 15) is 9.90 Å². The van der Waals surface area contributed by atoms with Crippen LogP contribution in [0.25, 0.3) is 10.8 Å². The third kappa shape index (κ3) is 6.47. The molecule has 0 aliphatic carbocycles. The molecule has 0 radical (unpaired) electrons. The van der Waals surface area contributed by atoms with Crippen LogP contribution in [-0.4, -0.2) is 30.4 Å². The largest absolute Gasteiger partial charge is 0.490 e. The summed E-state index contributed by atoms with van der Waals surface area (Å²) in [6.07, 6.45) is 1.44. The summed E-state index contributed by atoms with van der Waals surface area (Å²) in [5, 5.41) is 11.5. The zero-order valence-electron chi connectivity index (χ0n) is 17.8. The number of carboxylic acid groups (broad SMARTS) is 1. The number of benzene rings is 3. The third-order valence-electron chi connectivity index (χ3n) is 4.81. The Kier molecular flexibility index (Phi) is 7.86. The van der Waals surface area contributed by atoms with Gasteiger partial charge in [0.05, 0.1) is 0 Å². The van der Waals surface area contributed by atoms with E-state index in [1.807, 2.05) is 61.5 Å². The summed E-state index contributed by atoms with van der Waals surface area (Å²) in [5.74, 6) is 6.21. The molecule has 0 amide bonds. The fourth-order valence-electron chi connectivity index (χ4n) is 3.17. The van der Waals surface area contributed by atoms with Crippen molar-refractivity contribution in [3.63, 3.8) is 0 Å². The molecule has 4 nitrogen and oxygen atoms in total. The van der Waals surface area contributed by atoms with Gasteiger partial charge in [0.2, 0.25) is 0 Å². The quantitative estimate of drug-likeness (QED) is 0.512. The monoisotopic (exact) mass is 414 g/mol. The highest BCUT2D eigenvalue weighted by Crippen LogP contribution is 2.18. The van der Waals surface area contributed by atoms with Crippen molar-refractivity contribution < 1.29 is 19.4 Å². The second-order valence-electron chi connectivity index (χ2n) is 7.11. The first-order chi connectivity index (χ1) is 15.1. The molecular formula is C27H26O4. The topological polar surface area (TPSA) is 55.8 Å². The number of allylic oxidation sites excluding steroid dienone is 1. The molecule has 1 N–H and O–H groups in total. The minimum atomic E-state index is -0.951. The Labute approximate surface area is 183 Å². The van der Waals surface area contributed by atoms with Gasteiger partial charge >= 0.3 is 5.97 Å². The maximum atomic E-state index is 11.2. The molecule has 0 aliphatic rings. The Balaban J connectivity index is 1.57. The van der Waals surface area contributed by atoms with E-state index in [0.29, 0.717) is 19.6 Å². The van der Waals surface area contributed by atoms with Crippen LogP contribution < -0.4 is 4.74 Å². The molecule has 31 heavy (non-hydrogen) atoms. The van der Waals surface area contributed by atoms with Crippen LogP contribution in [0.3, 0.4) is 0 Å². The highest BCUT2D eigenvalue weighted by atomic mass is 16.5. The van der Waals surface area contributed by atoms with E-state index in [2.05, 4.69) is 30.0 Å². The third-order valence-corrected chi connectivity index (χ3v) is 4.81. The van der Waals surface area contributed by atoms with Crippen LogP contribution in [0.1, 0.15) is 25.0 Å². The van der Waals surface area contributed by atoms with Gasteiger partial charge in [-0.05, 0) is 60.0 Å². The van der Waals surface area contributed by atoms with Crippen molar-refractivity contribution in [3.8, 4) is 17.6 Å². The Morgan fingerprint density at radius 1 is 1.06 bits per heavy atom. The molecule has 0 aliphatic heterocycles. The van der Waals surface area contributed by atoms with Crippen LogP contribution in [-0.2, 0) is 16.0 Å². The van der Waals surface area contributed by atoms with Crippen molar-refractivity contribution in [3.05, 3.63) is 89.5 Å². The van der Waals surface area contributed by atoms with E-state index < -0.39 is 12.1 Å². The predicted molar refractivity (Wildman–Crippen MR) is 123 cm³/mol. The number of ether oxygens (including phenoxy) is 2. The molecule has 0 aromatic heterocycles. The maximum absolute atomic E-state index is 11.2. The van der Waals surface area contributed by atoms with Gasteiger partial charge in [-0.15, -0.1) is 0 Å². The predicted octanol–water partition coefficient (Wildman–Crippen LogP) is 5.25. The molecule has 1 atom stereocenters. The lowest BCUT2D eigenvalue weighted by Gasteiger charge is -2.12. The first-order valence-corrected chi connectivity index (χ1v) is 10.3.